The summed E-state index contributed by atoms with van der Waals surface area (Å²) in [5.41, 5.74) is 5.92. The van der Waals surface area contributed by atoms with Crippen LogP contribution in [0.15, 0.2) is 0 Å². The van der Waals surface area contributed by atoms with Crippen molar-refractivity contribution in [3.05, 3.63) is 0 Å². The van der Waals surface area contributed by atoms with E-state index in [4.69, 9.17) is 5.73 Å². The highest BCUT2D eigenvalue weighted by Crippen LogP contribution is 2.34. The molecule has 0 amide bonds. The van der Waals surface area contributed by atoms with Gasteiger partial charge in [0.1, 0.15) is 9.84 Å². The molecule has 2 aliphatic heterocycles. The van der Waals surface area contributed by atoms with E-state index in [0.29, 0.717) is 18.1 Å². The maximum Gasteiger partial charge on any atom is 0.150 e. The fourth-order valence-electron chi connectivity index (χ4n) is 3.16. The molecule has 2 aliphatic rings. The van der Waals surface area contributed by atoms with Crippen LogP contribution < -0.4 is 5.73 Å². The average Bonchev–Trinajstić information content (AvgIpc) is 2.79. The monoisotopic (exact) mass is 260 g/mol. The van der Waals surface area contributed by atoms with Gasteiger partial charge in [-0.05, 0) is 31.7 Å². The maximum absolute atomic E-state index is 11.5. The normalized spacial score (nSPS) is 32.7. The zero-order chi connectivity index (χ0) is 12.5. The van der Waals surface area contributed by atoms with Crippen molar-refractivity contribution in [2.75, 3.05) is 31.1 Å². The van der Waals surface area contributed by atoms with Crippen molar-refractivity contribution in [2.24, 2.45) is 11.7 Å². The summed E-state index contributed by atoms with van der Waals surface area (Å²) < 4.78 is 23.1. The van der Waals surface area contributed by atoms with Gasteiger partial charge >= 0.3 is 0 Å². The maximum atomic E-state index is 11.5. The van der Waals surface area contributed by atoms with Crippen LogP contribution in [-0.4, -0.2) is 50.0 Å². The summed E-state index contributed by atoms with van der Waals surface area (Å²) in [4.78, 5) is 2.47. The first-order chi connectivity index (χ1) is 8.01. The third-order valence-electron chi connectivity index (χ3n) is 4.67. The minimum Gasteiger partial charge on any atom is -0.329 e. The Bertz CT molecular complexity index is 353. The largest absolute Gasteiger partial charge is 0.329 e. The highest BCUT2D eigenvalue weighted by Gasteiger charge is 2.43. The topological polar surface area (TPSA) is 63.4 Å². The van der Waals surface area contributed by atoms with Crippen molar-refractivity contribution in [1.29, 1.82) is 0 Å². The number of hydrogen-bond acceptors (Lipinski definition) is 4. The predicted molar refractivity (Wildman–Crippen MR) is 69.6 cm³/mol. The van der Waals surface area contributed by atoms with Crippen molar-refractivity contribution >= 4 is 9.84 Å². The van der Waals surface area contributed by atoms with Crippen LogP contribution in [0.1, 0.15) is 32.6 Å². The minimum absolute atomic E-state index is 0.0325. The number of nitrogens with two attached hydrogens (primary N) is 1. The summed E-state index contributed by atoms with van der Waals surface area (Å²) in [5, 5.41) is 0. The molecule has 1 atom stereocenters. The van der Waals surface area contributed by atoms with Crippen LogP contribution >= 0.6 is 0 Å². The molecule has 2 heterocycles. The highest BCUT2D eigenvalue weighted by atomic mass is 32.2. The molecule has 2 fully saturated rings. The van der Waals surface area contributed by atoms with E-state index in [0.717, 1.165) is 31.8 Å². The summed E-state index contributed by atoms with van der Waals surface area (Å²) in [6, 6.07) is 0. The SMILES string of the molecule is CCC1CCN(C2(CN)CCS(=O)(=O)CC2)C1. The van der Waals surface area contributed by atoms with Crippen LogP contribution in [0, 0.1) is 5.92 Å². The van der Waals surface area contributed by atoms with Crippen molar-refractivity contribution in [3.8, 4) is 0 Å². The molecule has 2 rings (SSSR count). The molecule has 0 aromatic rings. The summed E-state index contributed by atoms with van der Waals surface area (Å²) in [7, 11) is -2.79. The van der Waals surface area contributed by atoms with Gasteiger partial charge in [-0.3, -0.25) is 4.90 Å². The van der Waals surface area contributed by atoms with Gasteiger partial charge in [0.15, 0.2) is 0 Å². The Balaban J connectivity index is 2.06. The molecule has 0 radical (unpaired) electrons. The molecule has 2 N–H and O–H groups in total. The van der Waals surface area contributed by atoms with E-state index in [1.54, 1.807) is 0 Å². The van der Waals surface area contributed by atoms with E-state index in [2.05, 4.69) is 11.8 Å². The number of nitrogens with zero attached hydrogens (tertiary/aromatic N) is 1. The average molecular weight is 260 g/mol. The van der Waals surface area contributed by atoms with Gasteiger partial charge in [-0.1, -0.05) is 13.3 Å². The van der Waals surface area contributed by atoms with E-state index < -0.39 is 9.84 Å². The number of sulfone groups is 1. The third-order valence-corrected chi connectivity index (χ3v) is 6.32. The molecule has 1 unspecified atom stereocenters. The van der Waals surface area contributed by atoms with Gasteiger partial charge in [0, 0.05) is 18.6 Å². The molecule has 0 bridgehead atoms. The van der Waals surface area contributed by atoms with Gasteiger partial charge < -0.3 is 5.73 Å². The lowest BCUT2D eigenvalue weighted by atomic mass is 9.90. The molecule has 5 heteroatoms. The molecule has 0 aromatic carbocycles. The van der Waals surface area contributed by atoms with Crippen LogP contribution in [0.5, 0.6) is 0 Å². The zero-order valence-electron chi connectivity index (χ0n) is 10.7. The number of rotatable bonds is 3. The molecule has 4 nitrogen and oxygen atoms in total. The van der Waals surface area contributed by atoms with E-state index >= 15 is 0 Å². The van der Waals surface area contributed by atoms with Gasteiger partial charge in [-0.2, -0.15) is 0 Å². The van der Waals surface area contributed by atoms with E-state index in [-0.39, 0.29) is 5.54 Å². The molecule has 0 aliphatic carbocycles. The van der Waals surface area contributed by atoms with Crippen molar-refractivity contribution in [3.63, 3.8) is 0 Å². The first kappa shape index (κ1) is 13.3. The van der Waals surface area contributed by atoms with Gasteiger partial charge in [0.2, 0.25) is 0 Å². The third kappa shape index (κ3) is 2.66. The van der Waals surface area contributed by atoms with Crippen LogP contribution in [-0.2, 0) is 9.84 Å². The Morgan fingerprint density at radius 2 is 2.00 bits per heavy atom. The van der Waals surface area contributed by atoms with Gasteiger partial charge in [0.25, 0.3) is 0 Å². The molecular formula is C12H24N2O2S. The molecular weight excluding hydrogens is 236 g/mol. The summed E-state index contributed by atoms with van der Waals surface area (Å²) >= 11 is 0. The first-order valence-electron chi connectivity index (χ1n) is 6.67. The second kappa shape index (κ2) is 4.86. The molecule has 100 valence electrons. The summed E-state index contributed by atoms with van der Waals surface area (Å²) in [6.07, 6.45) is 3.91. The van der Waals surface area contributed by atoms with E-state index in [9.17, 15) is 8.42 Å². The Labute approximate surface area is 104 Å². The lowest BCUT2D eigenvalue weighted by Crippen LogP contribution is -2.57. The lowest BCUT2D eigenvalue weighted by molar-refractivity contribution is 0.106. The second-order valence-electron chi connectivity index (χ2n) is 5.59. The highest BCUT2D eigenvalue weighted by molar-refractivity contribution is 7.91. The van der Waals surface area contributed by atoms with Gasteiger partial charge in [-0.15, -0.1) is 0 Å². The van der Waals surface area contributed by atoms with Crippen molar-refractivity contribution < 1.29 is 8.42 Å². The predicted octanol–water partition coefficient (Wildman–Crippen LogP) is 0.624. The Morgan fingerprint density at radius 3 is 2.47 bits per heavy atom. The summed E-state index contributed by atoms with van der Waals surface area (Å²) in [5.74, 6) is 1.41. The summed E-state index contributed by atoms with van der Waals surface area (Å²) in [6.45, 7) is 5.02. The van der Waals surface area contributed by atoms with Crippen molar-refractivity contribution in [2.45, 2.75) is 38.1 Å². The van der Waals surface area contributed by atoms with Crippen LogP contribution in [0.25, 0.3) is 0 Å². The molecule has 0 aromatic heterocycles. The zero-order valence-corrected chi connectivity index (χ0v) is 11.5. The van der Waals surface area contributed by atoms with Crippen LogP contribution in [0.3, 0.4) is 0 Å². The molecule has 0 spiro atoms. The standard InChI is InChI=1S/C12H24N2O2S/c1-2-11-3-6-14(9-11)12(10-13)4-7-17(15,16)8-5-12/h11H,2-10,13H2,1H3. The Morgan fingerprint density at radius 1 is 1.35 bits per heavy atom. The lowest BCUT2D eigenvalue weighted by Gasteiger charge is -2.44. The van der Waals surface area contributed by atoms with E-state index in [1.165, 1.54) is 12.8 Å². The fourth-order valence-corrected chi connectivity index (χ4v) is 4.75. The van der Waals surface area contributed by atoms with Crippen LogP contribution in [0.2, 0.25) is 0 Å². The Hall–Kier alpha value is -0.130. The minimum atomic E-state index is -2.79. The molecule has 17 heavy (non-hydrogen) atoms. The quantitative estimate of drug-likeness (QED) is 0.808. The number of hydrogen-bond donors (Lipinski definition) is 1. The molecule has 2 saturated heterocycles. The van der Waals surface area contributed by atoms with Crippen molar-refractivity contribution in [1.82, 2.24) is 4.90 Å². The van der Waals surface area contributed by atoms with Gasteiger partial charge in [0.05, 0.1) is 11.5 Å². The second-order valence-corrected chi connectivity index (χ2v) is 7.89. The van der Waals surface area contributed by atoms with Crippen LogP contribution in [0.4, 0.5) is 0 Å². The Kier molecular flexibility index (Phi) is 3.80. The smallest absolute Gasteiger partial charge is 0.150 e. The first-order valence-corrected chi connectivity index (χ1v) is 8.49. The fraction of sp³-hybridized carbons (Fsp3) is 1.00. The van der Waals surface area contributed by atoms with E-state index in [1.807, 2.05) is 0 Å². The van der Waals surface area contributed by atoms with Gasteiger partial charge in [-0.25, -0.2) is 8.42 Å². The number of likely N-dealkylation sites (tertiary alicyclic amines) is 1. The molecule has 0 saturated carbocycles.